The SMILES string of the molecule is Cn1ncnc1C(NN)C1CCc2ccccc2C1. The third kappa shape index (κ3) is 2.27. The Morgan fingerprint density at radius 2 is 2.16 bits per heavy atom. The summed E-state index contributed by atoms with van der Waals surface area (Å²) in [5, 5.41) is 4.13. The summed E-state index contributed by atoms with van der Waals surface area (Å²) in [7, 11) is 1.91. The summed E-state index contributed by atoms with van der Waals surface area (Å²) in [5.74, 6) is 7.12. The van der Waals surface area contributed by atoms with Gasteiger partial charge < -0.3 is 0 Å². The molecule has 1 aliphatic carbocycles. The Labute approximate surface area is 112 Å². The fourth-order valence-electron chi connectivity index (χ4n) is 3.02. The Morgan fingerprint density at radius 3 is 2.84 bits per heavy atom. The molecule has 1 aromatic carbocycles. The highest BCUT2D eigenvalue weighted by molar-refractivity contribution is 5.30. The van der Waals surface area contributed by atoms with Crippen LogP contribution in [0.15, 0.2) is 30.6 Å². The maximum atomic E-state index is 5.75. The quantitative estimate of drug-likeness (QED) is 0.639. The molecule has 0 bridgehead atoms. The van der Waals surface area contributed by atoms with Crippen LogP contribution in [0.3, 0.4) is 0 Å². The van der Waals surface area contributed by atoms with Crippen LogP contribution < -0.4 is 11.3 Å². The first-order chi connectivity index (χ1) is 9.29. The Morgan fingerprint density at radius 1 is 1.37 bits per heavy atom. The molecule has 0 aliphatic heterocycles. The predicted molar refractivity (Wildman–Crippen MR) is 73.0 cm³/mol. The minimum atomic E-state index is 0.0563. The smallest absolute Gasteiger partial charge is 0.145 e. The molecule has 0 fully saturated rings. The Balaban J connectivity index is 1.85. The molecule has 3 N–H and O–H groups in total. The average Bonchev–Trinajstić information content (AvgIpc) is 2.86. The first kappa shape index (κ1) is 12.3. The van der Waals surface area contributed by atoms with E-state index in [9.17, 15) is 0 Å². The van der Waals surface area contributed by atoms with Crippen molar-refractivity contribution < 1.29 is 0 Å². The zero-order valence-corrected chi connectivity index (χ0v) is 11.1. The molecule has 1 aromatic heterocycles. The van der Waals surface area contributed by atoms with Crippen molar-refractivity contribution in [2.45, 2.75) is 25.3 Å². The van der Waals surface area contributed by atoms with Gasteiger partial charge in [-0.1, -0.05) is 24.3 Å². The lowest BCUT2D eigenvalue weighted by molar-refractivity contribution is 0.310. The summed E-state index contributed by atoms with van der Waals surface area (Å²) < 4.78 is 1.80. The predicted octanol–water partition coefficient (Wildman–Crippen LogP) is 1.12. The standard InChI is InChI=1S/C14H19N5/c1-19-14(16-9-17-19)13(18-15)12-7-6-10-4-2-3-5-11(10)8-12/h2-5,9,12-13,18H,6-8,15H2,1H3. The summed E-state index contributed by atoms with van der Waals surface area (Å²) in [6, 6.07) is 8.71. The zero-order chi connectivity index (χ0) is 13.2. The van der Waals surface area contributed by atoms with Gasteiger partial charge >= 0.3 is 0 Å². The van der Waals surface area contributed by atoms with Gasteiger partial charge in [0, 0.05) is 7.05 Å². The number of hydrogen-bond acceptors (Lipinski definition) is 4. The fraction of sp³-hybridized carbons (Fsp3) is 0.429. The lowest BCUT2D eigenvalue weighted by Crippen LogP contribution is -2.37. The zero-order valence-electron chi connectivity index (χ0n) is 11.1. The number of aryl methyl sites for hydroxylation is 2. The maximum Gasteiger partial charge on any atom is 0.145 e. The molecule has 0 saturated carbocycles. The molecule has 5 heteroatoms. The van der Waals surface area contributed by atoms with Gasteiger partial charge in [-0.25, -0.2) is 10.4 Å². The van der Waals surface area contributed by atoms with Gasteiger partial charge in [-0.3, -0.25) is 10.5 Å². The molecular weight excluding hydrogens is 238 g/mol. The second kappa shape index (κ2) is 5.11. The molecule has 3 rings (SSSR count). The number of nitrogens with zero attached hydrogens (tertiary/aromatic N) is 3. The van der Waals surface area contributed by atoms with Gasteiger partial charge in [0.2, 0.25) is 0 Å². The molecule has 100 valence electrons. The number of benzene rings is 1. The van der Waals surface area contributed by atoms with E-state index in [0.717, 1.165) is 25.1 Å². The summed E-state index contributed by atoms with van der Waals surface area (Å²) in [6.07, 6.45) is 4.85. The van der Waals surface area contributed by atoms with Crippen molar-refractivity contribution in [3.05, 3.63) is 47.5 Å². The number of nitrogens with two attached hydrogens (primary N) is 1. The monoisotopic (exact) mass is 257 g/mol. The normalized spacial score (nSPS) is 20.0. The number of fused-ring (bicyclic) bond motifs is 1. The summed E-state index contributed by atoms with van der Waals surface area (Å²) in [6.45, 7) is 0. The molecule has 19 heavy (non-hydrogen) atoms. The first-order valence-electron chi connectivity index (χ1n) is 6.66. The molecule has 0 saturated heterocycles. The van der Waals surface area contributed by atoms with Gasteiger partial charge in [0.25, 0.3) is 0 Å². The molecular formula is C14H19N5. The van der Waals surface area contributed by atoms with E-state index >= 15 is 0 Å². The van der Waals surface area contributed by atoms with Crippen LogP contribution in [0, 0.1) is 5.92 Å². The molecule has 2 atom stereocenters. The second-order valence-corrected chi connectivity index (χ2v) is 5.16. The van der Waals surface area contributed by atoms with E-state index in [4.69, 9.17) is 5.84 Å². The number of hydrazine groups is 1. The van der Waals surface area contributed by atoms with Gasteiger partial charge in [-0.05, 0) is 36.3 Å². The van der Waals surface area contributed by atoms with E-state index in [-0.39, 0.29) is 6.04 Å². The van der Waals surface area contributed by atoms with Crippen LogP contribution in [0.4, 0.5) is 0 Å². The maximum absolute atomic E-state index is 5.75. The topological polar surface area (TPSA) is 68.8 Å². The van der Waals surface area contributed by atoms with Crippen molar-refractivity contribution in [3.63, 3.8) is 0 Å². The third-order valence-electron chi connectivity index (χ3n) is 4.06. The minimum absolute atomic E-state index is 0.0563. The van der Waals surface area contributed by atoms with Crippen molar-refractivity contribution in [1.82, 2.24) is 20.2 Å². The van der Waals surface area contributed by atoms with Crippen molar-refractivity contribution in [1.29, 1.82) is 0 Å². The van der Waals surface area contributed by atoms with Crippen LogP contribution in [-0.4, -0.2) is 14.8 Å². The molecule has 0 radical (unpaired) electrons. The number of aromatic nitrogens is 3. The van der Waals surface area contributed by atoms with E-state index in [0.29, 0.717) is 5.92 Å². The number of hydrogen-bond donors (Lipinski definition) is 2. The number of rotatable bonds is 3. The Hall–Kier alpha value is -1.72. The molecule has 0 amide bonds. The fourth-order valence-corrected chi connectivity index (χ4v) is 3.02. The summed E-state index contributed by atoms with van der Waals surface area (Å²) in [4.78, 5) is 4.33. The second-order valence-electron chi connectivity index (χ2n) is 5.16. The molecule has 2 aromatic rings. The van der Waals surface area contributed by atoms with Crippen molar-refractivity contribution in [2.24, 2.45) is 18.8 Å². The highest BCUT2D eigenvalue weighted by Crippen LogP contribution is 2.32. The van der Waals surface area contributed by atoms with Gasteiger partial charge in [0.05, 0.1) is 6.04 Å². The van der Waals surface area contributed by atoms with Crippen LogP contribution in [0.2, 0.25) is 0 Å². The van der Waals surface area contributed by atoms with Crippen molar-refractivity contribution in [3.8, 4) is 0 Å². The van der Waals surface area contributed by atoms with Crippen molar-refractivity contribution >= 4 is 0 Å². The number of nitrogens with one attached hydrogen (secondary N) is 1. The van der Waals surface area contributed by atoms with E-state index in [1.54, 1.807) is 11.0 Å². The van der Waals surface area contributed by atoms with Crippen LogP contribution in [0.5, 0.6) is 0 Å². The highest BCUT2D eigenvalue weighted by atomic mass is 15.4. The van der Waals surface area contributed by atoms with Crippen LogP contribution in [0.1, 0.15) is 29.4 Å². The van der Waals surface area contributed by atoms with E-state index in [1.807, 2.05) is 7.05 Å². The van der Waals surface area contributed by atoms with Gasteiger partial charge in [-0.2, -0.15) is 5.10 Å². The van der Waals surface area contributed by atoms with Crippen LogP contribution >= 0.6 is 0 Å². The lowest BCUT2D eigenvalue weighted by Gasteiger charge is -2.30. The largest absolute Gasteiger partial charge is 0.271 e. The lowest BCUT2D eigenvalue weighted by atomic mass is 9.80. The Bertz CT molecular complexity index is 562. The molecule has 2 unspecified atom stereocenters. The van der Waals surface area contributed by atoms with Gasteiger partial charge in [0.15, 0.2) is 0 Å². The minimum Gasteiger partial charge on any atom is -0.271 e. The highest BCUT2D eigenvalue weighted by Gasteiger charge is 2.29. The van der Waals surface area contributed by atoms with Crippen molar-refractivity contribution in [2.75, 3.05) is 0 Å². The van der Waals surface area contributed by atoms with Crippen LogP contribution in [0.25, 0.3) is 0 Å². The van der Waals surface area contributed by atoms with Gasteiger partial charge in [-0.15, -0.1) is 0 Å². The third-order valence-corrected chi connectivity index (χ3v) is 4.06. The molecule has 1 heterocycles. The molecule has 0 spiro atoms. The van der Waals surface area contributed by atoms with Gasteiger partial charge in [0.1, 0.15) is 12.2 Å². The van der Waals surface area contributed by atoms with Crippen LogP contribution in [-0.2, 0) is 19.9 Å². The summed E-state index contributed by atoms with van der Waals surface area (Å²) >= 11 is 0. The van der Waals surface area contributed by atoms with E-state index in [1.165, 1.54) is 11.1 Å². The summed E-state index contributed by atoms with van der Waals surface area (Å²) in [5.41, 5.74) is 5.82. The molecule has 1 aliphatic rings. The average molecular weight is 257 g/mol. The molecule has 5 nitrogen and oxygen atoms in total. The first-order valence-corrected chi connectivity index (χ1v) is 6.66. The van der Waals surface area contributed by atoms with E-state index in [2.05, 4.69) is 39.8 Å². The van der Waals surface area contributed by atoms with E-state index < -0.39 is 0 Å². The Kier molecular flexibility index (Phi) is 3.31.